The molecule has 0 aromatic rings. The predicted octanol–water partition coefficient (Wildman–Crippen LogP) is 2.66. The first-order valence-corrected chi connectivity index (χ1v) is 8.38. The number of hydrogen-bond acceptors (Lipinski definition) is 3. The molecule has 4 heteroatoms. The van der Waals surface area contributed by atoms with Crippen LogP contribution in [-0.4, -0.2) is 44.2 Å². The summed E-state index contributed by atoms with van der Waals surface area (Å²) in [6.45, 7) is 9.62. The highest BCUT2D eigenvalue weighted by molar-refractivity contribution is 5.78. The normalized spacial score (nSPS) is 23.1. The number of hydrogen-bond donors (Lipinski definition) is 1. The van der Waals surface area contributed by atoms with Gasteiger partial charge in [0.15, 0.2) is 0 Å². The van der Waals surface area contributed by atoms with Crippen LogP contribution < -0.4 is 5.73 Å². The number of methoxy groups -OCH3 is 1. The van der Waals surface area contributed by atoms with E-state index >= 15 is 0 Å². The average molecular weight is 298 g/mol. The Bertz CT molecular complexity index is 296. The fourth-order valence-corrected chi connectivity index (χ4v) is 3.28. The van der Waals surface area contributed by atoms with Gasteiger partial charge in [-0.25, -0.2) is 0 Å². The van der Waals surface area contributed by atoms with E-state index in [1.54, 1.807) is 7.11 Å². The molecule has 1 fully saturated rings. The molecule has 1 rings (SSSR count). The van der Waals surface area contributed by atoms with Crippen LogP contribution in [0.25, 0.3) is 0 Å². The van der Waals surface area contributed by atoms with E-state index in [0.29, 0.717) is 31.0 Å². The van der Waals surface area contributed by atoms with E-state index in [9.17, 15) is 4.79 Å². The van der Waals surface area contributed by atoms with Crippen LogP contribution in [-0.2, 0) is 9.53 Å². The number of nitrogens with two attached hydrogens (primary N) is 1. The summed E-state index contributed by atoms with van der Waals surface area (Å²) >= 11 is 0. The number of carbonyl (C=O) groups excluding carboxylic acids is 1. The molecule has 0 saturated heterocycles. The minimum absolute atomic E-state index is 0.207. The average Bonchev–Trinajstić information content (AvgIpc) is 2.46. The van der Waals surface area contributed by atoms with Gasteiger partial charge in [-0.15, -0.1) is 0 Å². The van der Waals surface area contributed by atoms with E-state index in [2.05, 4.69) is 20.8 Å². The highest BCUT2D eigenvalue weighted by Crippen LogP contribution is 2.40. The first-order chi connectivity index (χ1) is 9.90. The van der Waals surface area contributed by atoms with Crippen molar-refractivity contribution in [3.63, 3.8) is 0 Å². The van der Waals surface area contributed by atoms with Crippen molar-refractivity contribution in [3.8, 4) is 0 Å². The third-order valence-electron chi connectivity index (χ3n) is 4.81. The monoisotopic (exact) mass is 298 g/mol. The minimum Gasteiger partial charge on any atom is -0.383 e. The molecule has 1 aliphatic rings. The molecule has 0 unspecified atom stereocenters. The highest BCUT2D eigenvalue weighted by Gasteiger charge is 2.33. The van der Waals surface area contributed by atoms with Gasteiger partial charge < -0.3 is 15.4 Å². The first-order valence-electron chi connectivity index (χ1n) is 8.38. The van der Waals surface area contributed by atoms with Gasteiger partial charge in [-0.1, -0.05) is 20.8 Å². The Balaban J connectivity index is 2.52. The summed E-state index contributed by atoms with van der Waals surface area (Å²) in [6.07, 6.45) is 5.29. The maximum atomic E-state index is 12.7. The molecular weight excluding hydrogens is 264 g/mol. The largest absolute Gasteiger partial charge is 0.383 e. The summed E-state index contributed by atoms with van der Waals surface area (Å²) in [7, 11) is 1.68. The molecule has 0 aromatic heterocycles. The lowest BCUT2D eigenvalue weighted by Gasteiger charge is -2.38. The van der Waals surface area contributed by atoms with Crippen LogP contribution in [0.3, 0.4) is 0 Å². The Morgan fingerprint density at radius 2 is 1.81 bits per heavy atom. The summed E-state index contributed by atoms with van der Waals surface area (Å²) in [6, 6.07) is 0. The molecule has 4 nitrogen and oxygen atoms in total. The lowest BCUT2D eigenvalue weighted by atomic mass is 9.69. The van der Waals surface area contributed by atoms with Crippen LogP contribution in [0.1, 0.15) is 52.9 Å². The van der Waals surface area contributed by atoms with Crippen LogP contribution >= 0.6 is 0 Å². The van der Waals surface area contributed by atoms with Crippen LogP contribution in [0.15, 0.2) is 0 Å². The second kappa shape index (κ2) is 8.74. The van der Waals surface area contributed by atoms with Gasteiger partial charge in [0.25, 0.3) is 0 Å². The molecular formula is C17H34N2O2. The Morgan fingerprint density at radius 1 is 1.19 bits per heavy atom. The SMILES string of the molecule is COCCN(CCCN)C(=O)C1CCC(C(C)(C)C)CC1. The molecule has 0 atom stereocenters. The van der Waals surface area contributed by atoms with Crippen molar-refractivity contribution < 1.29 is 9.53 Å². The molecule has 1 aliphatic carbocycles. The van der Waals surface area contributed by atoms with Crippen molar-refractivity contribution in [2.24, 2.45) is 23.0 Å². The molecule has 0 radical (unpaired) electrons. The van der Waals surface area contributed by atoms with E-state index in [1.165, 1.54) is 12.8 Å². The van der Waals surface area contributed by atoms with E-state index in [1.807, 2.05) is 4.90 Å². The summed E-state index contributed by atoms with van der Waals surface area (Å²) < 4.78 is 5.13. The topological polar surface area (TPSA) is 55.6 Å². The summed E-state index contributed by atoms with van der Waals surface area (Å²) in [5, 5.41) is 0. The lowest BCUT2D eigenvalue weighted by Crippen LogP contribution is -2.41. The standard InChI is InChI=1S/C17H34N2O2/c1-17(2,3)15-8-6-14(7-9-15)16(20)19(11-5-10-18)12-13-21-4/h14-15H,5-13,18H2,1-4H3. The van der Waals surface area contributed by atoms with Gasteiger partial charge in [-0.3, -0.25) is 4.79 Å². The fraction of sp³-hybridized carbons (Fsp3) is 0.941. The Kier molecular flexibility index (Phi) is 7.67. The van der Waals surface area contributed by atoms with Crippen molar-refractivity contribution >= 4 is 5.91 Å². The van der Waals surface area contributed by atoms with Gasteiger partial charge in [0.05, 0.1) is 6.61 Å². The second-order valence-electron chi connectivity index (χ2n) is 7.37. The van der Waals surface area contributed by atoms with E-state index in [0.717, 1.165) is 31.7 Å². The zero-order chi connectivity index (χ0) is 15.9. The first kappa shape index (κ1) is 18.4. The molecule has 124 valence electrons. The number of rotatable bonds is 7. The quantitative estimate of drug-likeness (QED) is 0.786. The second-order valence-corrected chi connectivity index (χ2v) is 7.37. The molecule has 1 amide bonds. The molecule has 2 N–H and O–H groups in total. The zero-order valence-corrected chi connectivity index (χ0v) is 14.4. The Labute approximate surface area is 130 Å². The van der Waals surface area contributed by atoms with E-state index in [-0.39, 0.29) is 5.92 Å². The Hall–Kier alpha value is -0.610. The Morgan fingerprint density at radius 3 is 2.29 bits per heavy atom. The third-order valence-corrected chi connectivity index (χ3v) is 4.81. The van der Waals surface area contributed by atoms with Crippen molar-refractivity contribution in [1.29, 1.82) is 0 Å². The van der Waals surface area contributed by atoms with Crippen LogP contribution in [0.5, 0.6) is 0 Å². The minimum atomic E-state index is 0.207. The zero-order valence-electron chi connectivity index (χ0n) is 14.4. The third kappa shape index (κ3) is 5.95. The fourth-order valence-electron chi connectivity index (χ4n) is 3.28. The lowest BCUT2D eigenvalue weighted by molar-refractivity contribution is -0.137. The van der Waals surface area contributed by atoms with Crippen molar-refractivity contribution in [2.75, 3.05) is 33.4 Å². The van der Waals surface area contributed by atoms with Crippen molar-refractivity contribution in [3.05, 3.63) is 0 Å². The van der Waals surface area contributed by atoms with Gasteiger partial charge in [-0.2, -0.15) is 0 Å². The maximum Gasteiger partial charge on any atom is 0.225 e. The molecule has 0 spiro atoms. The summed E-state index contributed by atoms with van der Waals surface area (Å²) in [5.41, 5.74) is 5.95. The van der Waals surface area contributed by atoms with Crippen LogP contribution in [0.4, 0.5) is 0 Å². The van der Waals surface area contributed by atoms with Gasteiger partial charge in [0.1, 0.15) is 0 Å². The molecule has 0 bridgehead atoms. The van der Waals surface area contributed by atoms with Crippen molar-refractivity contribution in [2.45, 2.75) is 52.9 Å². The summed E-state index contributed by atoms with van der Waals surface area (Å²) in [4.78, 5) is 14.7. The number of amides is 1. The van der Waals surface area contributed by atoms with E-state index in [4.69, 9.17) is 10.5 Å². The van der Waals surface area contributed by atoms with Crippen LogP contribution in [0, 0.1) is 17.3 Å². The van der Waals surface area contributed by atoms with Gasteiger partial charge in [-0.05, 0) is 50.0 Å². The molecule has 0 heterocycles. The highest BCUT2D eigenvalue weighted by atomic mass is 16.5. The number of nitrogens with zero attached hydrogens (tertiary/aromatic N) is 1. The molecule has 0 aliphatic heterocycles. The summed E-state index contributed by atoms with van der Waals surface area (Å²) in [5.74, 6) is 1.27. The molecule has 0 aromatic carbocycles. The molecule has 1 saturated carbocycles. The van der Waals surface area contributed by atoms with Crippen LogP contribution in [0.2, 0.25) is 0 Å². The van der Waals surface area contributed by atoms with E-state index < -0.39 is 0 Å². The van der Waals surface area contributed by atoms with Gasteiger partial charge in [0, 0.05) is 26.1 Å². The van der Waals surface area contributed by atoms with Gasteiger partial charge >= 0.3 is 0 Å². The van der Waals surface area contributed by atoms with Gasteiger partial charge in [0.2, 0.25) is 5.91 Å². The smallest absolute Gasteiger partial charge is 0.225 e. The van der Waals surface area contributed by atoms with Crippen molar-refractivity contribution in [1.82, 2.24) is 4.90 Å². The molecule has 21 heavy (non-hydrogen) atoms. The number of ether oxygens (including phenoxy) is 1. The number of carbonyl (C=O) groups is 1. The predicted molar refractivity (Wildman–Crippen MR) is 87.0 cm³/mol. The maximum absolute atomic E-state index is 12.7.